The predicted molar refractivity (Wildman–Crippen MR) is 76.0 cm³/mol. The van der Waals surface area contributed by atoms with Crippen molar-refractivity contribution in [3.05, 3.63) is 52.3 Å². The molecule has 1 heterocycles. The first-order chi connectivity index (χ1) is 9.29. The molecule has 2 aromatic rings. The van der Waals surface area contributed by atoms with Gasteiger partial charge in [0, 0.05) is 11.8 Å². The molecule has 1 aliphatic carbocycles. The van der Waals surface area contributed by atoms with Crippen molar-refractivity contribution in [1.82, 2.24) is 4.98 Å². The Morgan fingerprint density at radius 1 is 1.11 bits per heavy atom. The molecule has 0 atom stereocenters. The average molecular weight is 269 g/mol. The van der Waals surface area contributed by atoms with Gasteiger partial charge in [0.15, 0.2) is 0 Å². The molecule has 1 aliphatic rings. The number of rotatable bonds is 1. The summed E-state index contributed by atoms with van der Waals surface area (Å²) >= 11 is 5.99. The number of aromatic nitrogens is 1. The zero-order valence-corrected chi connectivity index (χ0v) is 11.2. The third-order valence-corrected chi connectivity index (χ3v) is 3.96. The van der Waals surface area contributed by atoms with Crippen LogP contribution in [0, 0.1) is 11.3 Å². The van der Waals surface area contributed by atoms with Crippen molar-refractivity contribution in [2.75, 3.05) is 0 Å². The number of pyridine rings is 1. The Hall–Kier alpha value is -1.85. The minimum Gasteiger partial charge on any atom is -0.243 e. The van der Waals surface area contributed by atoms with Crippen LogP contribution in [0.25, 0.3) is 11.1 Å². The van der Waals surface area contributed by atoms with Gasteiger partial charge in [0.05, 0.1) is 5.56 Å². The second kappa shape index (κ2) is 5.03. The third-order valence-electron chi connectivity index (χ3n) is 3.68. The summed E-state index contributed by atoms with van der Waals surface area (Å²) in [6.45, 7) is 0. The molecule has 3 rings (SSSR count). The average Bonchev–Trinajstić information content (AvgIpc) is 2.46. The molecule has 0 saturated carbocycles. The monoisotopic (exact) mass is 268 g/mol. The van der Waals surface area contributed by atoms with Gasteiger partial charge >= 0.3 is 0 Å². The van der Waals surface area contributed by atoms with Crippen LogP contribution in [0.4, 0.5) is 0 Å². The van der Waals surface area contributed by atoms with E-state index in [0.717, 1.165) is 24.0 Å². The summed E-state index contributed by atoms with van der Waals surface area (Å²) in [5.41, 5.74) is 5.23. The Balaban J connectivity index is 2.13. The van der Waals surface area contributed by atoms with Crippen LogP contribution in [-0.4, -0.2) is 4.98 Å². The molecule has 19 heavy (non-hydrogen) atoms. The first-order valence-electron chi connectivity index (χ1n) is 6.46. The summed E-state index contributed by atoms with van der Waals surface area (Å²) in [4.78, 5) is 3.97. The lowest BCUT2D eigenvalue weighted by molar-refractivity contribution is 0.686. The predicted octanol–water partition coefficient (Wildman–Crippen LogP) is 4.15. The van der Waals surface area contributed by atoms with E-state index in [1.807, 2.05) is 6.07 Å². The highest BCUT2D eigenvalue weighted by molar-refractivity contribution is 6.31. The molecule has 94 valence electrons. The summed E-state index contributed by atoms with van der Waals surface area (Å²) < 4.78 is 0. The molecule has 3 heteroatoms. The smallest absolute Gasteiger partial charge is 0.147 e. The number of nitrogens with zero attached hydrogens (tertiary/aromatic N) is 2. The van der Waals surface area contributed by atoms with Crippen LogP contribution >= 0.6 is 11.6 Å². The molecule has 2 nitrogen and oxygen atoms in total. The Labute approximate surface area is 117 Å². The van der Waals surface area contributed by atoms with Crippen molar-refractivity contribution in [1.29, 1.82) is 5.26 Å². The van der Waals surface area contributed by atoms with Crippen molar-refractivity contribution in [3.8, 4) is 17.2 Å². The van der Waals surface area contributed by atoms with E-state index < -0.39 is 0 Å². The van der Waals surface area contributed by atoms with Gasteiger partial charge in [-0.15, -0.1) is 0 Å². The normalized spacial score (nSPS) is 13.7. The highest BCUT2D eigenvalue weighted by Crippen LogP contribution is 2.30. The summed E-state index contributed by atoms with van der Waals surface area (Å²) in [5, 5.41) is 9.50. The number of benzene rings is 1. The summed E-state index contributed by atoms with van der Waals surface area (Å²) in [5.74, 6) is 0. The maximum atomic E-state index is 9.22. The van der Waals surface area contributed by atoms with Gasteiger partial charge in [0.25, 0.3) is 0 Å². The number of hydrogen-bond donors (Lipinski definition) is 0. The van der Waals surface area contributed by atoms with E-state index in [2.05, 4.69) is 29.3 Å². The fourth-order valence-electron chi connectivity index (χ4n) is 2.68. The molecule has 0 radical (unpaired) electrons. The fraction of sp³-hybridized carbons (Fsp3) is 0.250. The van der Waals surface area contributed by atoms with Crippen LogP contribution in [0.1, 0.15) is 29.5 Å². The number of hydrogen-bond acceptors (Lipinski definition) is 2. The SMILES string of the molecule is N#Cc1c(-c2ccc3c(c2)CCCC3)ccnc1Cl. The van der Waals surface area contributed by atoms with Gasteiger partial charge in [0.1, 0.15) is 11.2 Å². The maximum absolute atomic E-state index is 9.22. The van der Waals surface area contributed by atoms with Crippen molar-refractivity contribution >= 4 is 11.6 Å². The largest absolute Gasteiger partial charge is 0.243 e. The maximum Gasteiger partial charge on any atom is 0.147 e. The molecule has 0 bridgehead atoms. The van der Waals surface area contributed by atoms with E-state index in [9.17, 15) is 5.26 Å². The van der Waals surface area contributed by atoms with Gasteiger partial charge in [-0.05, 0) is 48.4 Å². The second-order valence-electron chi connectivity index (χ2n) is 4.83. The molecule has 0 aliphatic heterocycles. The Morgan fingerprint density at radius 2 is 1.89 bits per heavy atom. The molecule has 0 saturated heterocycles. The van der Waals surface area contributed by atoms with Gasteiger partial charge in [0.2, 0.25) is 0 Å². The molecular formula is C16H13ClN2. The van der Waals surface area contributed by atoms with Crippen LogP contribution in [0.15, 0.2) is 30.5 Å². The zero-order valence-electron chi connectivity index (χ0n) is 10.5. The van der Waals surface area contributed by atoms with Crippen LogP contribution in [0.5, 0.6) is 0 Å². The summed E-state index contributed by atoms with van der Waals surface area (Å²) in [7, 11) is 0. The molecule has 0 spiro atoms. The minimum absolute atomic E-state index is 0.276. The van der Waals surface area contributed by atoms with Gasteiger partial charge in [-0.3, -0.25) is 0 Å². The fourth-order valence-corrected chi connectivity index (χ4v) is 2.88. The van der Waals surface area contributed by atoms with Crippen molar-refractivity contribution in [3.63, 3.8) is 0 Å². The Kier molecular flexibility index (Phi) is 3.23. The van der Waals surface area contributed by atoms with Crippen molar-refractivity contribution in [2.45, 2.75) is 25.7 Å². The van der Waals surface area contributed by atoms with Crippen molar-refractivity contribution in [2.24, 2.45) is 0 Å². The van der Waals surface area contributed by atoms with Crippen LogP contribution < -0.4 is 0 Å². The molecule has 0 fully saturated rings. The standard InChI is InChI=1S/C16H13ClN2/c17-16-15(10-18)14(7-8-19-16)13-6-5-11-3-1-2-4-12(11)9-13/h5-9H,1-4H2. The summed E-state index contributed by atoms with van der Waals surface area (Å²) in [6, 6.07) is 10.5. The first kappa shape index (κ1) is 12.2. The lowest BCUT2D eigenvalue weighted by atomic mass is 9.88. The summed E-state index contributed by atoms with van der Waals surface area (Å²) in [6.07, 6.45) is 6.47. The molecular weight excluding hydrogens is 256 g/mol. The number of halogens is 1. The van der Waals surface area contributed by atoms with E-state index >= 15 is 0 Å². The van der Waals surface area contributed by atoms with E-state index in [4.69, 9.17) is 11.6 Å². The number of nitriles is 1. The van der Waals surface area contributed by atoms with Crippen LogP contribution in [-0.2, 0) is 12.8 Å². The molecule has 0 unspecified atom stereocenters. The lowest BCUT2D eigenvalue weighted by Crippen LogP contribution is -2.02. The van der Waals surface area contributed by atoms with Gasteiger partial charge in [-0.25, -0.2) is 4.98 Å². The Bertz CT molecular complexity index is 671. The third kappa shape index (κ3) is 2.22. The van der Waals surface area contributed by atoms with Gasteiger partial charge < -0.3 is 0 Å². The van der Waals surface area contributed by atoms with Crippen molar-refractivity contribution < 1.29 is 0 Å². The van der Waals surface area contributed by atoms with Crippen LogP contribution in [0.2, 0.25) is 5.15 Å². The van der Waals surface area contributed by atoms with E-state index in [0.29, 0.717) is 5.56 Å². The quantitative estimate of drug-likeness (QED) is 0.729. The van der Waals surface area contributed by atoms with E-state index in [1.165, 1.54) is 24.0 Å². The lowest BCUT2D eigenvalue weighted by Gasteiger charge is -2.17. The Morgan fingerprint density at radius 3 is 2.68 bits per heavy atom. The van der Waals surface area contributed by atoms with Gasteiger partial charge in [-0.2, -0.15) is 5.26 Å². The number of fused-ring (bicyclic) bond motifs is 1. The second-order valence-corrected chi connectivity index (χ2v) is 5.18. The minimum atomic E-state index is 0.276. The molecule has 1 aromatic carbocycles. The number of aryl methyl sites for hydroxylation is 2. The topological polar surface area (TPSA) is 36.7 Å². The molecule has 1 aromatic heterocycles. The highest BCUT2D eigenvalue weighted by atomic mass is 35.5. The van der Waals surface area contributed by atoms with E-state index in [-0.39, 0.29) is 5.15 Å². The molecule has 0 N–H and O–H groups in total. The first-order valence-corrected chi connectivity index (χ1v) is 6.84. The van der Waals surface area contributed by atoms with Crippen LogP contribution in [0.3, 0.4) is 0 Å². The van der Waals surface area contributed by atoms with E-state index in [1.54, 1.807) is 6.20 Å². The van der Waals surface area contributed by atoms with Gasteiger partial charge in [-0.1, -0.05) is 29.8 Å². The highest BCUT2D eigenvalue weighted by Gasteiger charge is 2.13. The molecule has 0 amide bonds. The zero-order chi connectivity index (χ0) is 13.2.